The number of hydrogen-bond donors (Lipinski definition) is 2. The van der Waals surface area contributed by atoms with Gasteiger partial charge in [-0.25, -0.2) is 0 Å². The van der Waals surface area contributed by atoms with E-state index < -0.39 is 0 Å². The number of anilines is 2. The van der Waals surface area contributed by atoms with Crippen molar-refractivity contribution < 1.29 is 9.53 Å². The van der Waals surface area contributed by atoms with Gasteiger partial charge in [0.25, 0.3) is 5.91 Å². The maximum atomic E-state index is 12.8. The highest BCUT2D eigenvalue weighted by Crippen LogP contribution is 2.22. The van der Waals surface area contributed by atoms with E-state index in [1.807, 2.05) is 85.3 Å². The lowest BCUT2D eigenvalue weighted by molar-refractivity contribution is 0.102. The Kier molecular flexibility index (Phi) is 6.22. The molecule has 1 aromatic heterocycles. The summed E-state index contributed by atoms with van der Waals surface area (Å²) in [5.74, 6) is 0.644. The fourth-order valence-electron chi connectivity index (χ4n) is 3.52. The monoisotopic (exact) mass is 426 g/mol. The van der Waals surface area contributed by atoms with Crippen LogP contribution in [0, 0.1) is 13.8 Å². The number of ether oxygens (including phenoxy) is 1. The second-order valence-corrected chi connectivity index (χ2v) is 7.70. The van der Waals surface area contributed by atoms with Gasteiger partial charge in [0.2, 0.25) is 0 Å². The number of carbonyl (C=O) groups is 1. The molecule has 32 heavy (non-hydrogen) atoms. The average molecular weight is 427 g/mol. The number of carbonyl (C=O) groups excluding carboxylic acids is 1. The van der Waals surface area contributed by atoms with Crippen LogP contribution in [0.2, 0.25) is 0 Å². The van der Waals surface area contributed by atoms with Gasteiger partial charge in [-0.05, 0) is 61.4 Å². The highest BCUT2D eigenvalue weighted by atomic mass is 16.5. The summed E-state index contributed by atoms with van der Waals surface area (Å²) >= 11 is 0. The van der Waals surface area contributed by atoms with E-state index in [0.717, 1.165) is 39.6 Å². The van der Waals surface area contributed by atoms with E-state index in [0.29, 0.717) is 18.7 Å². The lowest BCUT2D eigenvalue weighted by atomic mass is 10.1. The molecule has 0 saturated carbocycles. The molecule has 0 spiro atoms. The first kappa shape index (κ1) is 21.2. The summed E-state index contributed by atoms with van der Waals surface area (Å²) in [6.07, 6.45) is 0. The summed E-state index contributed by atoms with van der Waals surface area (Å²) in [6.45, 7) is 4.87. The minimum absolute atomic E-state index is 0.171. The summed E-state index contributed by atoms with van der Waals surface area (Å²) in [4.78, 5) is 12.8. The molecule has 0 bridgehead atoms. The molecule has 0 unspecified atom stereocenters. The van der Waals surface area contributed by atoms with Crippen molar-refractivity contribution in [1.29, 1.82) is 0 Å². The molecule has 1 heterocycles. The molecule has 0 radical (unpaired) electrons. The van der Waals surface area contributed by atoms with Crippen molar-refractivity contribution in [2.75, 3.05) is 11.1 Å². The fraction of sp³-hybridized carbons (Fsp3) is 0.154. The lowest BCUT2D eigenvalue weighted by Crippen LogP contribution is -2.13. The number of nitrogens with one attached hydrogen (secondary N) is 1. The van der Waals surface area contributed by atoms with Crippen LogP contribution in [-0.2, 0) is 13.2 Å². The Labute approximate surface area is 187 Å². The normalized spacial score (nSPS) is 10.7. The van der Waals surface area contributed by atoms with Gasteiger partial charge < -0.3 is 15.8 Å². The van der Waals surface area contributed by atoms with E-state index in [1.165, 1.54) is 0 Å². The number of benzene rings is 3. The van der Waals surface area contributed by atoms with Crippen LogP contribution in [0.15, 0.2) is 78.9 Å². The minimum atomic E-state index is -0.171. The molecule has 0 atom stereocenters. The number of nitrogens with zero attached hydrogens (tertiary/aromatic N) is 2. The molecule has 0 aliphatic heterocycles. The summed E-state index contributed by atoms with van der Waals surface area (Å²) in [6, 6.07) is 24.8. The third-order valence-corrected chi connectivity index (χ3v) is 5.27. The topological polar surface area (TPSA) is 82.2 Å². The molecule has 6 heteroatoms. The first-order chi connectivity index (χ1) is 15.5. The standard InChI is InChI=1S/C26H26N4O2/c1-18-25(19(2)30(29-18)16-21-7-6-8-23(27)15-21)28-26(31)22-13-11-20(12-14-22)17-32-24-9-4-3-5-10-24/h3-15H,16-17,27H2,1-2H3,(H,28,31). The molecule has 0 saturated heterocycles. The second kappa shape index (κ2) is 9.39. The van der Waals surface area contributed by atoms with Gasteiger partial charge in [0, 0.05) is 11.3 Å². The Morgan fingerprint density at radius 2 is 1.72 bits per heavy atom. The number of aryl methyl sites for hydroxylation is 1. The highest BCUT2D eigenvalue weighted by Gasteiger charge is 2.15. The van der Waals surface area contributed by atoms with Gasteiger partial charge in [-0.3, -0.25) is 9.48 Å². The maximum Gasteiger partial charge on any atom is 0.255 e. The number of aromatic nitrogens is 2. The van der Waals surface area contributed by atoms with Crippen LogP contribution in [0.4, 0.5) is 11.4 Å². The zero-order valence-corrected chi connectivity index (χ0v) is 18.2. The number of rotatable bonds is 7. The number of hydrogen-bond acceptors (Lipinski definition) is 4. The third-order valence-electron chi connectivity index (χ3n) is 5.27. The van der Waals surface area contributed by atoms with Crippen LogP contribution >= 0.6 is 0 Å². The predicted molar refractivity (Wildman–Crippen MR) is 127 cm³/mol. The minimum Gasteiger partial charge on any atom is -0.489 e. The summed E-state index contributed by atoms with van der Waals surface area (Å²) < 4.78 is 7.64. The van der Waals surface area contributed by atoms with Crippen LogP contribution in [0.5, 0.6) is 5.75 Å². The smallest absolute Gasteiger partial charge is 0.255 e. The van der Waals surface area contributed by atoms with Crippen LogP contribution in [0.25, 0.3) is 0 Å². The summed E-state index contributed by atoms with van der Waals surface area (Å²) in [5, 5.41) is 7.61. The van der Waals surface area contributed by atoms with E-state index in [9.17, 15) is 4.79 Å². The van der Waals surface area contributed by atoms with Crippen molar-refractivity contribution in [1.82, 2.24) is 9.78 Å². The van der Waals surface area contributed by atoms with Crippen molar-refractivity contribution in [3.05, 3.63) is 107 Å². The number of nitrogens with two attached hydrogens (primary N) is 1. The van der Waals surface area contributed by atoms with E-state index in [1.54, 1.807) is 12.1 Å². The van der Waals surface area contributed by atoms with E-state index in [4.69, 9.17) is 10.5 Å². The van der Waals surface area contributed by atoms with Gasteiger partial charge in [0.15, 0.2) is 0 Å². The Morgan fingerprint density at radius 3 is 2.44 bits per heavy atom. The fourth-order valence-corrected chi connectivity index (χ4v) is 3.52. The van der Waals surface area contributed by atoms with Gasteiger partial charge in [0.05, 0.1) is 23.6 Å². The maximum absolute atomic E-state index is 12.8. The Hall–Kier alpha value is -4.06. The van der Waals surface area contributed by atoms with Crippen LogP contribution in [0.3, 0.4) is 0 Å². The molecule has 0 aliphatic carbocycles. The number of nitrogen functional groups attached to an aromatic ring is 1. The van der Waals surface area contributed by atoms with Crippen LogP contribution < -0.4 is 15.8 Å². The molecule has 3 aromatic carbocycles. The zero-order valence-electron chi connectivity index (χ0n) is 18.2. The quantitative estimate of drug-likeness (QED) is 0.409. The second-order valence-electron chi connectivity index (χ2n) is 7.70. The van der Waals surface area contributed by atoms with Gasteiger partial charge in [0.1, 0.15) is 12.4 Å². The Balaban J connectivity index is 1.41. The van der Waals surface area contributed by atoms with E-state index in [-0.39, 0.29) is 5.91 Å². The largest absolute Gasteiger partial charge is 0.489 e. The van der Waals surface area contributed by atoms with Gasteiger partial charge >= 0.3 is 0 Å². The van der Waals surface area contributed by atoms with Crippen molar-refractivity contribution in [2.24, 2.45) is 0 Å². The highest BCUT2D eigenvalue weighted by molar-refractivity contribution is 6.04. The average Bonchev–Trinajstić information content (AvgIpc) is 3.06. The SMILES string of the molecule is Cc1nn(Cc2cccc(N)c2)c(C)c1NC(=O)c1ccc(COc2ccccc2)cc1. The van der Waals surface area contributed by atoms with Crippen LogP contribution in [0.1, 0.15) is 32.9 Å². The molecule has 4 rings (SSSR count). The van der Waals surface area contributed by atoms with Crippen molar-refractivity contribution in [2.45, 2.75) is 27.0 Å². The van der Waals surface area contributed by atoms with Gasteiger partial charge in [-0.1, -0.05) is 42.5 Å². The molecule has 3 N–H and O–H groups in total. The van der Waals surface area contributed by atoms with Crippen molar-refractivity contribution >= 4 is 17.3 Å². The Morgan fingerprint density at radius 1 is 0.969 bits per heavy atom. The lowest BCUT2D eigenvalue weighted by Gasteiger charge is -2.09. The number of amides is 1. The molecule has 0 aliphatic rings. The first-order valence-corrected chi connectivity index (χ1v) is 10.5. The first-order valence-electron chi connectivity index (χ1n) is 10.5. The Bertz CT molecular complexity index is 1210. The van der Waals surface area contributed by atoms with E-state index >= 15 is 0 Å². The summed E-state index contributed by atoms with van der Waals surface area (Å²) in [5.41, 5.74) is 11.6. The van der Waals surface area contributed by atoms with Gasteiger partial charge in [-0.2, -0.15) is 5.10 Å². The zero-order chi connectivity index (χ0) is 22.5. The number of para-hydroxylation sites is 1. The molecular formula is C26H26N4O2. The van der Waals surface area contributed by atoms with Crippen molar-refractivity contribution in [3.63, 3.8) is 0 Å². The molecule has 0 fully saturated rings. The summed E-state index contributed by atoms with van der Waals surface area (Å²) in [7, 11) is 0. The predicted octanol–water partition coefficient (Wildman–Crippen LogP) is 4.96. The van der Waals surface area contributed by atoms with E-state index in [2.05, 4.69) is 10.4 Å². The van der Waals surface area contributed by atoms with Crippen LogP contribution in [-0.4, -0.2) is 15.7 Å². The van der Waals surface area contributed by atoms with Crippen molar-refractivity contribution in [3.8, 4) is 5.75 Å². The molecule has 4 aromatic rings. The third kappa shape index (κ3) is 4.98. The molecular weight excluding hydrogens is 400 g/mol. The molecule has 1 amide bonds. The van der Waals surface area contributed by atoms with Gasteiger partial charge in [-0.15, -0.1) is 0 Å². The molecule has 6 nitrogen and oxygen atoms in total. The molecule has 162 valence electrons.